The molecule has 3 heterocycles. The van der Waals surface area contributed by atoms with Crippen molar-refractivity contribution in [3.8, 4) is 5.75 Å². The van der Waals surface area contributed by atoms with Crippen molar-refractivity contribution in [1.29, 1.82) is 0 Å². The molecule has 0 radical (unpaired) electrons. The molecular formula is C20H16Cl2FN3O4. The third-order valence-corrected chi connectivity index (χ3v) is 7.03. The maximum Gasteiger partial charge on any atom is 0.275 e. The highest BCUT2D eigenvalue weighted by Gasteiger charge is 2.58. The second-order valence-corrected chi connectivity index (χ2v) is 8.63. The molecule has 0 spiro atoms. The van der Waals surface area contributed by atoms with Crippen molar-refractivity contribution in [2.75, 3.05) is 0 Å². The summed E-state index contributed by atoms with van der Waals surface area (Å²) in [5.74, 6) is -2.29. The third-order valence-electron chi connectivity index (χ3n) is 6.39. The summed E-state index contributed by atoms with van der Waals surface area (Å²) in [6.07, 6.45) is 3.25. The maximum absolute atomic E-state index is 14.2. The quantitative estimate of drug-likeness (QED) is 0.701. The van der Waals surface area contributed by atoms with Gasteiger partial charge in [0.15, 0.2) is 11.4 Å². The van der Waals surface area contributed by atoms with E-state index in [1.54, 1.807) is 4.90 Å². The summed E-state index contributed by atoms with van der Waals surface area (Å²) in [7, 11) is 0. The number of aromatic hydroxyl groups is 1. The van der Waals surface area contributed by atoms with Crippen molar-refractivity contribution in [1.82, 2.24) is 14.8 Å². The van der Waals surface area contributed by atoms with Crippen LogP contribution in [-0.2, 0) is 13.1 Å². The van der Waals surface area contributed by atoms with Crippen molar-refractivity contribution >= 4 is 35.0 Å². The van der Waals surface area contributed by atoms with Crippen LogP contribution in [0.2, 0.25) is 10.0 Å². The van der Waals surface area contributed by atoms with Crippen LogP contribution < -0.4 is 10.7 Å². The molecule has 5 rings (SSSR count). The number of carbonyl (C=O) groups excluding carboxylic acids is 2. The van der Waals surface area contributed by atoms with Gasteiger partial charge in [-0.1, -0.05) is 23.2 Å². The van der Waals surface area contributed by atoms with Crippen LogP contribution in [0.3, 0.4) is 0 Å². The van der Waals surface area contributed by atoms with E-state index in [9.17, 15) is 23.9 Å². The molecule has 1 aliphatic carbocycles. The maximum atomic E-state index is 14.2. The number of halogens is 3. The summed E-state index contributed by atoms with van der Waals surface area (Å²) in [5, 5.41) is 12.8. The van der Waals surface area contributed by atoms with Gasteiger partial charge in [0.2, 0.25) is 5.43 Å². The Bertz CT molecular complexity index is 1180. The number of nitrogens with zero attached hydrogens (tertiary/aromatic N) is 2. The average Bonchev–Trinajstić information content (AvgIpc) is 2.69. The fourth-order valence-corrected chi connectivity index (χ4v) is 5.07. The Morgan fingerprint density at radius 2 is 1.93 bits per heavy atom. The SMILES string of the molecule is O=C(NCc1c(Cl)ccc(Cl)c1F)c1cn2c(c(O)c1=O)C(=O)N1[C@H]3CCC3[C@@H]1C2. The molecule has 1 unspecified atom stereocenters. The number of nitrogens with one attached hydrogen (secondary N) is 1. The number of carbonyl (C=O) groups is 2. The van der Waals surface area contributed by atoms with E-state index < -0.39 is 22.9 Å². The van der Waals surface area contributed by atoms with Gasteiger partial charge in [-0.3, -0.25) is 14.4 Å². The molecule has 3 aliphatic rings. The average molecular weight is 452 g/mol. The molecule has 2 N–H and O–H groups in total. The lowest BCUT2D eigenvalue weighted by Crippen LogP contribution is -2.73. The summed E-state index contributed by atoms with van der Waals surface area (Å²) in [6.45, 7) is 0.107. The summed E-state index contributed by atoms with van der Waals surface area (Å²) in [4.78, 5) is 39.7. The molecule has 2 aromatic rings. The smallest absolute Gasteiger partial charge is 0.275 e. The standard InChI is InChI=1S/C20H16Cl2FN3O4/c21-11-2-3-12(22)15(23)9(11)5-24-19(29)10-6-25-7-14-8-1-4-13(8)26(14)20(30)16(25)18(28)17(10)27/h2-3,6,8,13-14,28H,1,4-5,7H2,(H,24,29)/t8?,13-,14-/m0/s1. The molecule has 1 aromatic carbocycles. The van der Waals surface area contributed by atoms with Gasteiger partial charge in [0.1, 0.15) is 11.4 Å². The van der Waals surface area contributed by atoms with Crippen LogP contribution in [0.5, 0.6) is 5.75 Å². The summed E-state index contributed by atoms with van der Waals surface area (Å²) in [6, 6.07) is 2.90. The highest BCUT2D eigenvalue weighted by Crippen LogP contribution is 2.50. The number of amides is 2. The Labute approximate surface area is 180 Å². The molecule has 156 valence electrons. The molecule has 1 saturated heterocycles. The molecule has 0 bridgehead atoms. The Morgan fingerprint density at radius 1 is 1.20 bits per heavy atom. The minimum Gasteiger partial charge on any atom is -0.503 e. The van der Waals surface area contributed by atoms with Crippen LogP contribution in [0.15, 0.2) is 23.1 Å². The molecule has 10 heteroatoms. The van der Waals surface area contributed by atoms with Gasteiger partial charge in [0, 0.05) is 41.8 Å². The zero-order valence-electron chi connectivity index (χ0n) is 15.5. The minimum atomic E-state index is -0.950. The van der Waals surface area contributed by atoms with E-state index in [1.165, 1.54) is 22.9 Å². The first-order valence-corrected chi connectivity index (χ1v) is 10.2. The lowest BCUT2D eigenvalue weighted by Gasteiger charge is -2.63. The highest BCUT2D eigenvalue weighted by molar-refractivity contribution is 6.33. The van der Waals surface area contributed by atoms with Crippen LogP contribution in [0.1, 0.15) is 39.3 Å². The summed E-state index contributed by atoms with van der Waals surface area (Å²) in [5.41, 5.74) is -1.40. The molecule has 1 aromatic heterocycles. The first kappa shape index (κ1) is 19.4. The van der Waals surface area contributed by atoms with Crippen LogP contribution in [0.25, 0.3) is 0 Å². The van der Waals surface area contributed by atoms with Gasteiger partial charge in [-0.15, -0.1) is 0 Å². The van der Waals surface area contributed by atoms with Crippen LogP contribution in [-0.4, -0.2) is 38.5 Å². The fourth-order valence-electron chi connectivity index (χ4n) is 4.68. The zero-order valence-corrected chi connectivity index (χ0v) is 17.0. The van der Waals surface area contributed by atoms with Gasteiger partial charge in [0.05, 0.1) is 11.1 Å². The van der Waals surface area contributed by atoms with Gasteiger partial charge in [-0.05, 0) is 25.0 Å². The van der Waals surface area contributed by atoms with E-state index in [-0.39, 0.29) is 51.4 Å². The highest BCUT2D eigenvalue weighted by atomic mass is 35.5. The van der Waals surface area contributed by atoms with E-state index in [0.29, 0.717) is 12.5 Å². The first-order valence-electron chi connectivity index (χ1n) is 9.49. The number of fused-ring (bicyclic) bond motifs is 5. The predicted octanol–water partition coefficient (Wildman–Crippen LogP) is 2.55. The minimum absolute atomic E-state index is 0.0147. The van der Waals surface area contributed by atoms with Crippen molar-refractivity contribution < 1.29 is 19.1 Å². The van der Waals surface area contributed by atoms with Gasteiger partial charge >= 0.3 is 0 Å². The number of benzene rings is 1. The van der Waals surface area contributed by atoms with E-state index in [2.05, 4.69) is 5.32 Å². The Morgan fingerprint density at radius 3 is 2.63 bits per heavy atom. The van der Waals surface area contributed by atoms with Crippen molar-refractivity contribution in [2.24, 2.45) is 5.92 Å². The molecule has 2 fully saturated rings. The second-order valence-electron chi connectivity index (χ2n) is 7.81. The number of piperidine rings is 1. The topological polar surface area (TPSA) is 91.6 Å². The molecule has 2 aliphatic heterocycles. The first-order chi connectivity index (χ1) is 14.3. The van der Waals surface area contributed by atoms with E-state index in [4.69, 9.17) is 23.2 Å². The van der Waals surface area contributed by atoms with E-state index >= 15 is 0 Å². The number of pyridine rings is 1. The molecule has 3 atom stereocenters. The monoisotopic (exact) mass is 451 g/mol. The number of hydrogen-bond acceptors (Lipinski definition) is 4. The molecule has 1 saturated carbocycles. The molecular weight excluding hydrogens is 436 g/mol. The zero-order chi connectivity index (χ0) is 21.3. The van der Waals surface area contributed by atoms with Crippen molar-refractivity contribution in [3.05, 3.63) is 61.2 Å². The lowest BCUT2D eigenvalue weighted by atomic mass is 9.64. The number of aromatic nitrogens is 1. The van der Waals surface area contributed by atoms with Crippen molar-refractivity contribution in [3.63, 3.8) is 0 Å². The van der Waals surface area contributed by atoms with Crippen LogP contribution in [0, 0.1) is 11.7 Å². The van der Waals surface area contributed by atoms with Crippen molar-refractivity contribution in [2.45, 2.75) is 38.0 Å². The van der Waals surface area contributed by atoms with Gasteiger partial charge in [0.25, 0.3) is 11.8 Å². The molecule has 2 amide bonds. The molecule has 7 nitrogen and oxygen atoms in total. The van der Waals surface area contributed by atoms with Gasteiger partial charge < -0.3 is 19.9 Å². The molecule has 30 heavy (non-hydrogen) atoms. The van der Waals surface area contributed by atoms with E-state index in [0.717, 1.165) is 12.8 Å². The van der Waals surface area contributed by atoms with Crippen LogP contribution in [0.4, 0.5) is 4.39 Å². The fraction of sp³-hybridized carbons (Fsp3) is 0.350. The predicted molar refractivity (Wildman–Crippen MR) is 106 cm³/mol. The van der Waals surface area contributed by atoms with Gasteiger partial charge in [-0.2, -0.15) is 0 Å². The summed E-state index contributed by atoms with van der Waals surface area (Å²) >= 11 is 11.7. The Kier molecular flexibility index (Phi) is 4.34. The van der Waals surface area contributed by atoms with E-state index in [1.807, 2.05) is 0 Å². The number of rotatable bonds is 3. The van der Waals surface area contributed by atoms with Gasteiger partial charge in [-0.25, -0.2) is 4.39 Å². The largest absolute Gasteiger partial charge is 0.503 e. The van der Waals surface area contributed by atoms with Crippen LogP contribution >= 0.6 is 23.2 Å². The lowest BCUT2D eigenvalue weighted by molar-refractivity contribution is -0.106. The Hall–Kier alpha value is -2.58. The third kappa shape index (κ3) is 2.60. The number of hydrogen-bond donors (Lipinski definition) is 2. The second kappa shape index (κ2) is 6.72. The normalized spacial score (nSPS) is 23.6. The Balaban J connectivity index is 1.44. The summed E-state index contributed by atoms with van der Waals surface area (Å²) < 4.78 is 15.6.